The number of halogens is 1. The van der Waals surface area contributed by atoms with E-state index in [1.807, 2.05) is 0 Å². The van der Waals surface area contributed by atoms with Gasteiger partial charge >= 0.3 is 0 Å². The summed E-state index contributed by atoms with van der Waals surface area (Å²) in [6, 6.07) is 1.67. The Morgan fingerprint density at radius 2 is 2.15 bits per heavy atom. The number of carbonyl (C=O) groups is 1. The molecule has 2 N–H and O–H groups in total. The molecule has 0 aliphatic heterocycles. The lowest BCUT2D eigenvalue weighted by molar-refractivity contribution is 0.0590. The van der Waals surface area contributed by atoms with Crippen LogP contribution in [0, 0.1) is 0 Å². The molecule has 1 aromatic heterocycles. The summed E-state index contributed by atoms with van der Waals surface area (Å²) in [5.41, 5.74) is 6.58. The quantitative estimate of drug-likeness (QED) is 0.786. The van der Waals surface area contributed by atoms with Crippen LogP contribution in [-0.2, 0) is 4.74 Å². The van der Waals surface area contributed by atoms with Crippen molar-refractivity contribution in [3.63, 3.8) is 0 Å². The van der Waals surface area contributed by atoms with Gasteiger partial charge in [-0.1, -0.05) is 25.4 Å². The zero-order valence-corrected chi connectivity index (χ0v) is 13.0. The molecule has 1 heterocycles. The zero-order chi connectivity index (χ0) is 15.1. The van der Waals surface area contributed by atoms with E-state index in [9.17, 15) is 4.79 Å². The van der Waals surface area contributed by atoms with Crippen LogP contribution in [0.5, 0.6) is 0 Å². The van der Waals surface area contributed by atoms with Crippen LogP contribution in [0.1, 0.15) is 37.0 Å². The minimum atomic E-state index is -0.127. The monoisotopic (exact) mass is 299 g/mol. The number of ether oxygens (including phenoxy) is 1. The van der Waals surface area contributed by atoms with Crippen molar-refractivity contribution < 1.29 is 9.53 Å². The van der Waals surface area contributed by atoms with E-state index in [1.165, 1.54) is 12.3 Å². The first kappa shape index (κ1) is 16.7. The standard InChI is InChI=1S/C14H22ClN3O2/c1-4-10(5-2)18(6-7-20-3)14(19)11-8-13(15)17-9-12(11)16/h8-10H,4-7,16H2,1-3H3. The van der Waals surface area contributed by atoms with Crippen molar-refractivity contribution in [3.05, 3.63) is 23.0 Å². The smallest absolute Gasteiger partial charge is 0.256 e. The summed E-state index contributed by atoms with van der Waals surface area (Å²) in [7, 11) is 1.62. The highest BCUT2D eigenvalue weighted by atomic mass is 35.5. The third-order valence-electron chi connectivity index (χ3n) is 3.31. The van der Waals surface area contributed by atoms with Crippen molar-refractivity contribution in [1.29, 1.82) is 0 Å². The van der Waals surface area contributed by atoms with Crippen LogP contribution >= 0.6 is 11.6 Å². The predicted molar refractivity (Wildman–Crippen MR) is 80.9 cm³/mol. The van der Waals surface area contributed by atoms with Gasteiger partial charge in [0.2, 0.25) is 0 Å². The summed E-state index contributed by atoms with van der Waals surface area (Å²) in [4.78, 5) is 18.4. The van der Waals surface area contributed by atoms with Gasteiger partial charge in [-0.15, -0.1) is 0 Å². The van der Waals surface area contributed by atoms with E-state index in [0.29, 0.717) is 24.4 Å². The minimum absolute atomic E-state index is 0.127. The fraction of sp³-hybridized carbons (Fsp3) is 0.571. The molecule has 112 valence electrons. The van der Waals surface area contributed by atoms with Crippen molar-refractivity contribution in [2.75, 3.05) is 26.0 Å². The maximum atomic E-state index is 12.7. The topological polar surface area (TPSA) is 68.5 Å². The van der Waals surface area contributed by atoms with E-state index in [4.69, 9.17) is 22.1 Å². The summed E-state index contributed by atoms with van der Waals surface area (Å²) in [5.74, 6) is -0.127. The number of hydrogen-bond donors (Lipinski definition) is 1. The van der Waals surface area contributed by atoms with Gasteiger partial charge in [0.15, 0.2) is 0 Å². The number of nitrogens with zero attached hydrogens (tertiary/aromatic N) is 2. The molecule has 0 fully saturated rings. The van der Waals surface area contributed by atoms with Gasteiger partial charge in [0.1, 0.15) is 5.15 Å². The summed E-state index contributed by atoms with van der Waals surface area (Å²) in [6.07, 6.45) is 3.17. The van der Waals surface area contributed by atoms with Gasteiger partial charge in [-0.05, 0) is 18.9 Å². The van der Waals surface area contributed by atoms with Crippen molar-refractivity contribution in [2.24, 2.45) is 0 Å². The normalized spacial score (nSPS) is 10.8. The highest BCUT2D eigenvalue weighted by molar-refractivity contribution is 6.29. The molecular formula is C14H22ClN3O2. The lowest BCUT2D eigenvalue weighted by atomic mass is 10.1. The van der Waals surface area contributed by atoms with Crippen LogP contribution in [0.3, 0.4) is 0 Å². The molecule has 1 rings (SSSR count). The van der Waals surface area contributed by atoms with Gasteiger partial charge < -0.3 is 15.4 Å². The van der Waals surface area contributed by atoms with Gasteiger partial charge in [0, 0.05) is 19.7 Å². The lowest BCUT2D eigenvalue weighted by Crippen LogP contribution is -2.42. The van der Waals surface area contributed by atoms with Crippen LogP contribution in [0.4, 0.5) is 5.69 Å². The largest absolute Gasteiger partial charge is 0.397 e. The van der Waals surface area contributed by atoms with E-state index in [2.05, 4.69) is 18.8 Å². The van der Waals surface area contributed by atoms with E-state index < -0.39 is 0 Å². The third kappa shape index (κ3) is 4.08. The Labute approximate surface area is 125 Å². The Morgan fingerprint density at radius 1 is 1.50 bits per heavy atom. The first-order valence-electron chi connectivity index (χ1n) is 6.76. The van der Waals surface area contributed by atoms with Crippen LogP contribution in [0.25, 0.3) is 0 Å². The molecule has 0 spiro atoms. The summed E-state index contributed by atoms with van der Waals surface area (Å²) >= 11 is 5.86. The molecule has 1 aromatic rings. The van der Waals surface area contributed by atoms with Gasteiger partial charge in [-0.3, -0.25) is 4.79 Å². The van der Waals surface area contributed by atoms with Crippen molar-refractivity contribution in [2.45, 2.75) is 32.7 Å². The van der Waals surface area contributed by atoms with E-state index in [0.717, 1.165) is 12.8 Å². The number of nitrogen functional groups attached to an aromatic ring is 1. The molecule has 6 heteroatoms. The third-order valence-corrected chi connectivity index (χ3v) is 3.52. The van der Waals surface area contributed by atoms with Gasteiger partial charge in [-0.2, -0.15) is 0 Å². The second kappa shape index (κ2) is 8.07. The Bertz CT molecular complexity index is 450. The number of nitrogens with two attached hydrogens (primary N) is 1. The molecule has 0 bridgehead atoms. The number of hydrogen-bond acceptors (Lipinski definition) is 4. The first-order valence-corrected chi connectivity index (χ1v) is 7.13. The molecule has 5 nitrogen and oxygen atoms in total. The molecular weight excluding hydrogens is 278 g/mol. The van der Waals surface area contributed by atoms with E-state index in [-0.39, 0.29) is 17.1 Å². The molecule has 0 aliphatic rings. The second-order valence-electron chi connectivity index (χ2n) is 4.56. The average Bonchev–Trinajstić information content (AvgIpc) is 2.45. The highest BCUT2D eigenvalue weighted by Gasteiger charge is 2.24. The van der Waals surface area contributed by atoms with Crippen LogP contribution in [-0.4, -0.2) is 42.1 Å². The molecule has 0 saturated heterocycles. The SMILES string of the molecule is CCC(CC)N(CCOC)C(=O)c1cc(Cl)ncc1N. The van der Waals surface area contributed by atoms with Crippen molar-refractivity contribution >= 4 is 23.2 Å². The summed E-state index contributed by atoms with van der Waals surface area (Å²) in [5, 5.41) is 0.263. The number of amides is 1. The van der Waals surface area contributed by atoms with Crippen molar-refractivity contribution in [1.82, 2.24) is 9.88 Å². The molecule has 0 unspecified atom stereocenters. The fourth-order valence-corrected chi connectivity index (χ4v) is 2.31. The first-order chi connectivity index (χ1) is 9.54. The number of methoxy groups -OCH3 is 1. The number of carbonyl (C=O) groups excluding carboxylic acids is 1. The van der Waals surface area contributed by atoms with Crippen molar-refractivity contribution in [3.8, 4) is 0 Å². The Balaban J connectivity index is 3.05. The second-order valence-corrected chi connectivity index (χ2v) is 4.94. The molecule has 0 aromatic carbocycles. The molecule has 1 amide bonds. The molecule has 0 saturated carbocycles. The van der Waals surface area contributed by atoms with Gasteiger partial charge in [-0.25, -0.2) is 4.98 Å². The number of aromatic nitrogens is 1. The molecule has 0 atom stereocenters. The number of anilines is 1. The van der Waals surface area contributed by atoms with E-state index in [1.54, 1.807) is 12.0 Å². The van der Waals surface area contributed by atoms with Crippen LogP contribution in [0.2, 0.25) is 5.15 Å². The maximum Gasteiger partial charge on any atom is 0.256 e. The molecule has 20 heavy (non-hydrogen) atoms. The molecule has 0 aliphatic carbocycles. The maximum absolute atomic E-state index is 12.7. The van der Waals surface area contributed by atoms with E-state index >= 15 is 0 Å². The number of rotatable bonds is 7. The predicted octanol–water partition coefficient (Wildman–Crippen LogP) is 2.59. The van der Waals surface area contributed by atoms with Crippen LogP contribution < -0.4 is 5.73 Å². The number of pyridine rings is 1. The highest BCUT2D eigenvalue weighted by Crippen LogP contribution is 2.20. The Morgan fingerprint density at radius 3 is 2.70 bits per heavy atom. The molecule has 0 radical (unpaired) electrons. The van der Waals surface area contributed by atoms with Gasteiger partial charge in [0.05, 0.1) is 24.1 Å². The summed E-state index contributed by atoms with van der Waals surface area (Å²) < 4.78 is 5.09. The lowest BCUT2D eigenvalue weighted by Gasteiger charge is -2.30. The van der Waals surface area contributed by atoms with Crippen LogP contribution in [0.15, 0.2) is 12.3 Å². The fourth-order valence-electron chi connectivity index (χ4n) is 2.15. The van der Waals surface area contributed by atoms with Gasteiger partial charge in [0.25, 0.3) is 5.91 Å². The summed E-state index contributed by atoms with van der Waals surface area (Å²) in [6.45, 7) is 5.14. The minimum Gasteiger partial charge on any atom is -0.397 e. The Hall–Kier alpha value is -1.33. The average molecular weight is 300 g/mol. The Kier molecular flexibility index (Phi) is 6.75. The zero-order valence-electron chi connectivity index (χ0n) is 12.2.